The van der Waals surface area contributed by atoms with Crippen molar-refractivity contribution >= 4 is 5.97 Å². The van der Waals surface area contributed by atoms with Crippen molar-refractivity contribution in [2.45, 2.75) is 38.2 Å². The van der Waals surface area contributed by atoms with Crippen molar-refractivity contribution in [3.05, 3.63) is 0 Å². The number of hydrogen-bond acceptors (Lipinski definition) is 3. The summed E-state index contributed by atoms with van der Waals surface area (Å²) in [6, 6.07) is 0. The molecule has 0 aromatic rings. The highest BCUT2D eigenvalue weighted by atomic mass is 16.5. The first-order valence-corrected chi connectivity index (χ1v) is 5.57. The molecule has 0 unspecified atom stereocenters. The van der Waals surface area contributed by atoms with Crippen LogP contribution in [0.25, 0.3) is 0 Å². The molecule has 1 fully saturated rings. The predicted octanol–water partition coefficient (Wildman–Crippen LogP) is 1.68. The van der Waals surface area contributed by atoms with Gasteiger partial charge in [0.1, 0.15) is 0 Å². The molecule has 0 aromatic carbocycles. The van der Waals surface area contributed by atoms with Crippen LogP contribution in [0.5, 0.6) is 0 Å². The maximum atomic E-state index is 10.7. The third-order valence-corrected chi connectivity index (χ3v) is 2.87. The molecule has 4 nitrogen and oxygen atoms in total. The summed E-state index contributed by atoms with van der Waals surface area (Å²) >= 11 is 0. The SMILES string of the molecule is COCCCOC1CCC(C(=O)O)CC1. The molecule has 1 aliphatic carbocycles. The molecule has 0 atom stereocenters. The van der Waals surface area contributed by atoms with Gasteiger partial charge in [0.2, 0.25) is 0 Å². The van der Waals surface area contributed by atoms with E-state index in [-0.39, 0.29) is 12.0 Å². The van der Waals surface area contributed by atoms with E-state index in [1.54, 1.807) is 7.11 Å². The number of ether oxygens (including phenoxy) is 2. The molecule has 15 heavy (non-hydrogen) atoms. The summed E-state index contributed by atoms with van der Waals surface area (Å²) < 4.78 is 10.6. The lowest BCUT2D eigenvalue weighted by molar-refractivity contribution is -0.143. The number of carbonyl (C=O) groups is 1. The molecule has 1 rings (SSSR count). The second-order valence-electron chi connectivity index (χ2n) is 4.03. The third-order valence-electron chi connectivity index (χ3n) is 2.87. The zero-order chi connectivity index (χ0) is 11.1. The molecule has 0 bridgehead atoms. The number of hydrogen-bond donors (Lipinski definition) is 1. The van der Waals surface area contributed by atoms with E-state index in [0.717, 1.165) is 45.3 Å². The minimum Gasteiger partial charge on any atom is -0.481 e. The molecular formula is C11H20O4. The van der Waals surface area contributed by atoms with E-state index >= 15 is 0 Å². The molecule has 0 heterocycles. The molecule has 0 saturated heterocycles. The van der Waals surface area contributed by atoms with Crippen LogP contribution in [-0.4, -0.2) is 37.5 Å². The Hall–Kier alpha value is -0.610. The van der Waals surface area contributed by atoms with Gasteiger partial charge >= 0.3 is 5.97 Å². The Bertz CT molecular complexity index is 185. The smallest absolute Gasteiger partial charge is 0.306 e. The van der Waals surface area contributed by atoms with Crippen molar-refractivity contribution in [2.24, 2.45) is 5.92 Å². The van der Waals surface area contributed by atoms with Crippen molar-refractivity contribution in [3.8, 4) is 0 Å². The van der Waals surface area contributed by atoms with Crippen LogP contribution in [0.2, 0.25) is 0 Å². The van der Waals surface area contributed by atoms with Crippen molar-refractivity contribution in [2.75, 3.05) is 20.3 Å². The Morgan fingerprint density at radius 2 is 1.93 bits per heavy atom. The fraction of sp³-hybridized carbons (Fsp3) is 0.909. The van der Waals surface area contributed by atoms with Crippen molar-refractivity contribution < 1.29 is 19.4 Å². The van der Waals surface area contributed by atoms with Crippen molar-refractivity contribution in [3.63, 3.8) is 0 Å². The van der Waals surface area contributed by atoms with Gasteiger partial charge in [0.15, 0.2) is 0 Å². The number of aliphatic carboxylic acids is 1. The largest absolute Gasteiger partial charge is 0.481 e. The second kappa shape index (κ2) is 6.80. The van der Waals surface area contributed by atoms with Crippen LogP contribution in [-0.2, 0) is 14.3 Å². The number of rotatable bonds is 6. The minimum atomic E-state index is -0.659. The van der Waals surface area contributed by atoms with Crippen molar-refractivity contribution in [1.29, 1.82) is 0 Å². The zero-order valence-corrected chi connectivity index (χ0v) is 9.28. The first-order valence-electron chi connectivity index (χ1n) is 5.57. The minimum absolute atomic E-state index is 0.149. The lowest BCUT2D eigenvalue weighted by atomic mass is 9.87. The third kappa shape index (κ3) is 4.62. The van der Waals surface area contributed by atoms with E-state index in [2.05, 4.69) is 0 Å². The first-order chi connectivity index (χ1) is 7.24. The Balaban J connectivity index is 2.07. The van der Waals surface area contributed by atoms with Gasteiger partial charge in [-0.25, -0.2) is 0 Å². The van der Waals surface area contributed by atoms with Crippen LogP contribution < -0.4 is 0 Å². The molecule has 0 aliphatic heterocycles. The number of carboxylic acid groups (broad SMARTS) is 1. The van der Waals surface area contributed by atoms with Gasteiger partial charge in [-0.15, -0.1) is 0 Å². The molecule has 0 aromatic heterocycles. The Morgan fingerprint density at radius 1 is 1.27 bits per heavy atom. The van der Waals surface area contributed by atoms with Gasteiger partial charge in [-0.05, 0) is 32.1 Å². The lowest BCUT2D eigenvalue weighted by Crippen LogP contribution is -2.26. The van der Waals surface area contributed by atoms with Gasteiger partial charge in [-0.1, -0.05) is 0 Å². The van der Waals surface area contributed by atoms with Gasteiger partial charge in [0, 0.05) is 20.3 Å². The average molecular weight is 216 g/mol. The van der Waals surface area contributed by atoms with E-state index < -0.39 is 5.97 Å². The highest BCUT2D eigenvalue weighted by Crippen LogP contribution is 2.26. The van der Waals surface area contributed by atoms with Crippen LogP contribution in [0.4, 0.5) is 0 Å². The van der Waals surface area contributed by atoms with Gasteiger partial charge in [0.25, 0.3) is 0 Å². The van der Waals surface area contributed by atoms with Gasteiger partial charge < -0.3 is 14.6 Å². The average Bonchev–Trinajstić information content (AvgIpc) is 2.25. The van der Waals surface area contributed by atoms with E-state index in [9.17, 15) is 4.79 Å². The van der Waals surface area contributed by atoms with Gasteiger partial charge in [0.05, 0.1) is 12.0 Å². The van der Waals surface area contributed by atoms with Crippen LogP contribution >= 0.6 is 0 Å². The molecule has 88 valence electrons. The van der Waals surface area contributed by atoms with Gasteiger partial charge in [-0.3, -0.25) is 4.79 Å². The standard InChI is InChI=1S/C11H20O4/c1-14-7-2-8-15-10-5-3-9(4-6-10)11(12)13/h9-10H,2-8H2,1H3,(H,12,13). The van der Waals surface area contributed by atoms with E-state index in [1.165, 1.54) is 0 Å². The molecule has 1 N–H and O–H groups in total. The van der Waals surface area contributed by atoms with Crippen LogP contribution in [0, 0.1) is 5.92 Å². The summed E-state index contributed by atoms with van der Waals surface area (Å²) in [5, 5.41) is 8.81. The summed E-state index contributed by atoms with van der Waals surface area (Å²) in [5.41, 5.74) is 0. The number of methoxy groups -OCH3 is 1. The zero-order valence-electron chi connectivity index (χ0n) is 9.28. The monoisotopic (exact) mass is 216 g/mol. The molecule has 4 heteroatoms. The molecule has 0 spiro atoms. The molecule has 0 radical (unpaired) electrons. The van der Waals surface area contributed by atoms with E-state index in [4.69, 9.17) is 14.6 Å². The van der Waals surface area contributed by atoms with E-state index in [0.29, 0.717) is 0 Å². The molecule has 1 saturated carbocycles. The maximum Gasteiger partial charge on any atom is 0.306 e. The molecular weight excluding hydrogens is 196 g/mol. The molecule has 1 aliphatic rings. The van der Waals surface area contributed by atoms with Crippen LogP contribution in [0.1, 0.15) is 32.1 Å². The first kappa shape index (κ1) is 12.5. The second-order valence-corrected chi connectivity index (χ2v) is 4.03. The van der Waals surface area contributed by atoms with E-state index in [1.807, 2.05) is 0 Å². The normalized spacial score (nSPS) is 26.5. The quantitative estimate of drug-likeness (QED) is 0.686. The Labute approximate surface area is 90.6 Å². The summed E-state index contributed by atoms with van der Waals surface area (Å²) in [7, 11) is 1.68. The fourth-order valence-electron chi connectivity index (χ4n) is 1.93. The number of carboxylic acids is 1. The summed E-state index contributed by atoms with van der Waals surface area (Å²) in [5.74, 6) is -0.809. The lowest BCUT2D eigenvalue weighted by Gasteiger charge is -2.26. The van der Waals surface area contributed by atoms with Crippen molar-refractivity contribution in [1.82, 2.24) is 0 Å². The summed E-state index contributed by atoms with van der Waals surface area (Å²) in [6.45, 7) is 1.45. The van der Waals surface area contributed by atoms with Gasteiger partial charge in [-0.2, -0.15) is 0 Å². The Kier molecular flexibility index (Phi) is 5.65. The van der Waals surface area contributed by atoms with Crippen LogP contribution in [0.15, 0.2) is 0 Å². The molecule has 0 amide bonds. The highest BCUT2D eigenvalue weighted by Gasteiger charge is 2.25. The summed E-state index contributed by atoms with van der Waals surface area (Å²) in [6.07, 6.45) is 4.44. The van der Waals surface area contributed by atoms with Crippen LogP contribution in [0.3, 0.4) is 0 Å². The fourth-order valence-corrected chi connectivity index (χ4v) is 1.93. The summed E-state index contributed by atoms with van der Waals surface area (Å²) in [4.78, 5) is 10.7. The Morgan fingerprint density at radius 3 is 2.47 bits per heavy atom. The highest BCUT2D eigenvalue weighted by molar-refractivity contribution is 5.69. The topological polar surface area (TPSA) is 55.8 Å². The maximum absolute atomic E-state index is 10.7. The predicted molar refractivity (Wildman–Crippen MR) is 55.8 cm³/mol.